The van der Waals surface area contributed by atoms with Crippen molar-refractivity contribution in [3.63, 3.8) is 0 Å². The van der Waals surface area contributed by atoms with E-state index in [1.54, 1.807) is 12.1 Å². The van der Waals surface area contributed by atoms with Crippen molar-refractivity contribution < 1.29 is 8.42 Å². The first-order valence-corrected chi connectivity index (χ1v) is 8.64. The van der Waals surface area contributed by atoms with E-state index in [2.05, 4.69) is 17.0 Å². The Morgan fingerprint density at radius 3 is 2.65 bits per heavy atom. The van der Waals surface area contributed by atoms with E-state index in [0.717, 1.165) is 24.4 Å². The van der Waals surface area contributed by atoms with E-state index < -0.39 is 10.2 Å². The van der Waals surface area contributed by atoms with Crippen molar-refractivity contribution >= 4 is 21.6 Å². The largest absolute Gasteiger partial charge is 0.382 e. The average Bonchev–Trinajstić information content (AvgIpc) is 2.53. The second kappa shape index (κ2) is 6.45. The fraction of sp³-hybridized carbons (Fsp3) is 0.571. The number of nitrogens with two attached hydrogens (primary N) is 1. The van der Waals surface area contributed by atoms with E-state index in [9.17, 15) is 8.42 Å². The highest BCUT2D eigenvalue weighted by atomic mass is 32.2. The fourth-order valence-corrected chi connectivity index (χ4v) is 3.16. The Kier molecular flexibility index (Phi) is 4.88. The van der Waals surface area contributed by atoms with Crippen LogP contribution in [0, 0.1) is 5.92 Å². The van der Waals surface area contributed by atoms with Crippen LogP contribution in [-0.2, 0) is 10.2 Å². The molecule has 2 rings (SSSR count). The molecule has 0 spiro atoms. The first-order chi connectivity index (χ1) is 9.42. The first-order valence-electron chi connectivity index (χ1n) is 7.09. The van der Waals surface area contributed by atoms with Crippen molar-refractivity contribution in [2.45, 2.75) is 45.1 Å². The molecule has 0 heterocycles. The van der Waals surface area contributed by atoms with Crippen LogP contribution in [-0.4, -0.2) is 14.5 Å². The van der Waals surface area contributed by atoms with Crippen LogP contribution < -0.4 is 15.2 Å². The number of rotatable bonds is 4. The van der Waals surface area contributed by atoms with Gasteiger partial charge in [0.1, 0.15) is 0 Å². The van der Waals surface area contributed by atoms with Gasteiger partial charge in [-0.2, -0.15) is 8.42 Å². The van der Waals surface area contributed by atoms with Gasteiger partial charge in [-0.25, -0.2) is 5.14 Å². The van der Waals surface area contributed by atoms with Crippen LogP contribution >= 0.6 is 0 Å². The van der Waals surface area contributed by atoms with Crippen LogP contribution in [0.5, 0.6) is 0 Å². The molecule has 0 bridgehead atoms. The van der Waals surface area contributed by atoms with Gasteiger partial charge in [0.2, 0.25) is 0 Å². The molecule has 1 aliphatic rings. The molecular formula is C14H23N3O2S. The molecule has 1 fully saturated rings. The van der Waals surface area contributed by atoms with Gasteiger partial charge in [-0.1, -0.05) is 25.8 Å². The molecule has 0 aromatic heterocycles. The minimum absolute atomic E-state index is 0.463. The third kappa shape index (κ3) is 5.02. The van der Waals surface area contributed by atoms with Crippen LogP contribution in [0.25, 0.3) is 0 Å². The van der Waals surface area contributed by atoms with Crippen LogP contribution in [0.2, 0.25) is 0 Å². The van der Waals surface area contributed by atoms with Crippen molar-refractivity contribution in [3.8, 4) is 0 Å². The highest BCUT2D eigenvalue weighted by Gasteiger charge is 2.16. The van der Waals surface area contributed by atoms with Crippen molar-refractivity contribution in [2.75, 3.05) is 10.0 Å². The van der Waals surface area contributed by atoms with Crippen molar-refractivity contribution in [1.29, 1.82) is 0 Å². The van der Waals surface area contributed by atoms with E-state index in [4.69, 9.17) is 5.14 Å². The van der Waals surface area contributed by atoms with Gasteiger partial charge in [0, 0.05) is 11.7 Å². The Morgan fingerprint density at radius 2 is 1.90 bits per heavy atom. The van der Waals surface area contributed by atoms with E-state index in [0.29, 0.717) is 11.7 Å². The van der Waals surface area contributed by atoms with Gasteiger partial charge in [-0.15, -0.1) is 0 Å². The Balaban J connectivity index is 2.00. The highest BCUT2D eigenvalue weighted by molar-refractivity contribution is 7.90. The number of hydrogen-bond acceptors (Lipinski definition) is 3. The van der Waals surface area contributed by atoms with E-state index in [1.807, 2.05) is 12.1 Å². The van der Waals surface area contributed by atoms with Crippen LogP contribution in [0.3, 0.4) is 0 Å². The molecule has 1 aliphatic carbocycles. The second-order valence-electron chi connectivity index (χ2n) is 5.68. The second-order valence-corrected chi connectivity index (χ2v) is 6.98. The molecule has 1 aromatic rings. The minimum Gasteiger partial charge on any atom is -0.382 e. The molecule has 0 aliphatic heterocycles. The Labute approximate surface area is 121 Å². The van der Waals surface area contributed by atoms with E-state index >= 15 is 0 Å². The summed E-state index contributed by atoms with van der Waals surface area (Å²) in [5, 5.41) is 8.47. The zero-order valence-electron chi connectivity index (χ0n) is 11.8. The molecule has 20 heavy (non-hydrogen) atoms. The molecule has 0 amide bonds. The Bertz CT molecular complexity index is 545. The van der Waals surface area contributed by atoms with Crippen molar-refractivity contribution in [1.82, 2.24) is 0 Å². The number of benzene rings is 1. The maximum atomic E-state index is 11.0. The fourth-order valence-electron chi connectivity index (χ4n) is 2.70. The summed E-state index contributed by atoms with van der Waals surface area (Å²) in [7, 11) is -3.72. The molecule has 2 atom stereocenters. The van der Waals surface area contributed by atoms with E-state index in [-0.39, 0.29) is 0 Å². The minimum atomic E-state index is -3.72. The van der Waals surface area contributed by atoms with Gasteiger partial charge in [0.15, 0.2) is 0 Å². The molecule has 0 saturated heterocycles. The highest BCUT2D eigenvalue weighted by Crippen LogP contribution is 2.25. The summed E-state index contributed by atoms with van der Waals surface area (Å²) in [4.78, 5) is 0. The SMILES string of the molecule is CC1CCCC(Nc2cccc(NS(N)(=O)=O)c2)CC1. The Hall–Kier alpha value is -1.27. The smallest absolute Gasteiger partial charge is 0.296 e. The topological polar surface area (TPSA) is 84.2 Å². The van der Waals surface area contributed by atoms with Crippen LogP contribution in [0.4, 0.5) is 11.4 Å². The molecule has 1 saturated carbocycles. The third-order valence-electron chi connectivity index (χ3n) is 3.75. The average molecular weight is 297 g/mol. The van der Waals surface area contributed by atoms with Gasteiger partial charge in [0.25, 0.3) is 10.2 Å². The lowest BCUT2D eigenvalue weighted by Gasteiger charge is -2.18. The normalized spacial score (nSPS) is 23.9. The summed E-state index contributed by atoms with van der Waals surface area (Å²) in [6, 6.07) is 7.69. The Morgan fingerprint density at radius 1 is 1.15 bits per heavy atom. The molecule has 4 N–H and O–H groups in total. The summed E-state index contributed by atoms with van der Waals surface area (Å²) < 4.78 is 24.3. The number of anilines is 2. The lowest BCUT2D eigenvalue weighted by atomic mass is 10.0. The van der Waals surface area contributed by atoms with Crippen LogP contribution in [0.15, 0.2) is 24.3 Å². The molecule has 112 valence electrons. The number of nitrogens with one attached hydrogen (secondary N) is 2. The summed E-state index contributed by atoms with van der Waals surface area (Å²) >= 11 is 0. The van der Waals surface area contributed by atoms with E-state index in [1.165, 1.54) is 19.3 Å². The lowest BCUT2D eigenvalue weighted by Crippen LogP contribution is -2.22. The summed E-state index contributed by atoms with van der Waals surface area (Å²) in [5.74, 6) is 0.803. The van der Waals surface area contributed by atoms with Gasteiger partial charge in [0.05, 0.1) is 5.69 Å². The third-order valence-corrected chi connectivity index (χ3v) is 4.27. The van der Waals surface area contributed by atoms with Gasteiger partial charge >= 0.3 is 0 Å². The standard InChI is InChI=1S/C14H23N3O2S/c1-11-4-2-5-12(9-8-11)16-13-6-3-7-14(10-13)17-20(15,18)19/h3,6-7,10-12,16-17H,2,4-5,8-9H2,1H3,(H2,15,18,19). The summed E-state index contributed by atoms with van der Waals surface area (Å²) in [6.07, 6.45) is 6.11. The monoisotopic (exact) mass is 297 g/mol. The predicted octanol–water partition coefficient (Wildman–Crippen LogP) is 2.68. The molecular weight excluding hydrogens is 274 g/mol. The maximum absolute atomic E-state index is 11.0. The predicted molar refractivity (Wildman–Crippen MR) is 82.8 cm³/mol. The zero-order chi connectivity index (χ0) is 14.6. The van der Waals surface area contributed by atoms with Crippen LogP contribution in [0.1, 0.15) is 39.0 Å². The van der Waals surface area contributed by atoms with Gasteiger partial charge < -0.3 is 5.32 Å². The molecule has 0 radical (unpaired) electrons. The number of hydrogen-bond donors (Lipinski definition) is 3. The van der Waals surface area contributed by atoms with Gasteiger partial charge in [-0.05, 0) is 43.4 Å². The molecule has 1 aromatic carbocycles. The van der Waals surface area contributed by atoms with Crippen molar-refractivity contribution in [2.24, 2.45) is 11.1 Å². The van der Waals surface area contributed by atoms with Gasteiger partial charge in [-0.3, -0.25) is 4.72 Å². The molecule has 6 heteroatoms. The first kappa shape index (κ1) is 15.1. The zero-order valence-corrected chi connectivity index (χ0v) is 12.6. The molecule has 2 unspecified atom stereocenters. The summed E-state index contributed by atoms with van der Waals surface area (Å²) in [5.41, 5.74) is 1.41. The molecule has 5 nitrogen and oxygen atoms in total. The quantitative estimate of drug-likeness (QED) is 0.747. The maximum Gasteiger partial charge on any atom is 0.296 e. The lowest BCUT2D eigenvalue weighted by molar-refractivity contribution is 0.502. The summed E-state index contributed by atoms with van der Waals surface area (Å²) in [6.45, 7) is 2.30. The van der Waals surface area contributed by atoms with Crippen molar-refractivity contribution in [3.05, 3.63) is 24.3 Å².